The average molecular weight is 341 g/mol. The molecule has 6 heteroatoms. The highest BCUT2D eigenvalue weighted by Gasteiger charge is 2.27. The Bertz CT molecular complexity index is 484. The summed E-state index contributed by atoms with van der Waals surface area (Å²) in [5, 5.41) is 2.72. The molecule has 3 N–H and O–H groups in total. The molecule has 108 valence electrons. The number of hydrogen-bond donors (Lipinski definition) is 2. The number of hydrogen-bond acceptors (Lipinski definition) is 3. The van der Waals surface area contributed by atoms with Crippen LogP contribution in [-0.4, -0.2) is 31.1 Å². The first-order chi connectivity index (χ1) is 9.56. The topological polar surface area (TPSA) is 81.4 Å². The fourth-order valence-electron chi connectivity index (χ4n) is 2.11. The van der Waals surface area contributed by atoms with E-state index in [9.17, 15) is 9.59 Å². The van der Waals surface area contributed by atoms with Crippen LogP contribution in [0.15, 0.2) is 28.7 Å². The molecule has 1 fully saturated rings. The van der Waals surface area contributed by atoms with Gasteiger partial charge in [0, 0.05) is 17.5 Å². The second-order valence-electron chi connectivity index (χ2n) is 4.85. The van der Waals surface area contributed by atoms with Gasteiger partial charge in [0.2, 0.25) is 11.8 Å². The van der Waals surface area contributed by atoms with Gasteiger partial charge in [-0.25, -0.2) is 0 Å². The van der Waals surface area contributed by atoms with E-state index >= 15 is 0 Å². The number of nitrogens with two attached hydrogens (primary N) is 1. The van der Waals surface area contributed by atoms with E-state index in [4.69, 9.17) is 10.5 Å². The summed E-state index contributed by atoms with van der Waals surface area (Å²) in [5.74, 6) is -0.870. The molecule has 1 saturated heterocycles. The minimum atomic E-state index is -0.690. The lowest BCUT2D eigenvalue weighted by Gasteiger charge is -2.17. The number of carbonyl (C=O) groups is 2. The van der Waals surface area contributed by atoms with Gasteiger partial charge in [0.15, 0.2) is 0 Å². The summed E-state index contributed by atoms with van der Waals surface area (Å²) >= 11 is 3.35. The van der Waals surface area contributed by atoms with Crippen LogP contribution in [0.2, 0.25) is 0 Å². The maximum atomic E-state index is 12.0. The number of benzene rings is 1. The number of rotatable bonds is 5. The molecular formula is C14H17BrN2O3. The number of amides is 2. The Labute approximate surface area is 126 Å². The Morgan fingerprint density at radius 2 is 2.10 bits per heavy atom. The highest BCUT2D eigenvalue weighted by atomic mass is 79.9. The highest BCUT2D eigenvalue weighted by molar-refractivity contribution is 9.10. The van der Waals surface area contributed by atoms with Crippen molar-refractivity contribution < 1.29 is 14.3 Å². The average Bonchev–Trinajstić information content (AvgIpc) is 2.94. The molecule has 0 radical (unpaired) electrons. The zero-order valence-electron chi connectivity index (χ0n) is 11.0. The van der Waals surface area contributed by atoms with Crippen molar-refractivity contribution in [3.8, 4) is 0 Å². The summed E-state index contributed by atoms with van der Waals surface area (Å²) in [5.41, 5.74) is 6.31. The minimum Gasteiger partial charge on any atom is -0.381 e. The summed E-state index contributed by atoms with van der Waals surface area (Å²) in [6.45, 7) is 1.00. The number of halogens is 1. The van der Waals surface area contributed by atoms with Crippen molar-refractivity contribution >= 4 is 27.7 Å². The van der Waals surface area contributed by atoms with Crippen molar-refractivity contribution in [3.63, 3.8) is 0 Å². The highest BCUT2D eigenvalue weighted by Crippen LogP contribution is 2.14. The van der Waals surface area contributed by atoms with Crippen LogP contribution < -0.4 is 11.1 Å². The molecule has 1 heterocycles. The second-order valence-corrected chi connectivity index (χ2v) is 5.77. The molecule has 0 unspecified atom stereocenters. The molecule has 1 aromatic carbocycles. The van der Waals surface area contributed by atoms with Crippen LogP contribution >= 0.6 is 15.9 Å². The Balaban J connectivity index is 1.98. The molecule has 1 aliphatic heterocycles. The zero-order valence-corrected chi connectivity index (χ0v) is 12.6. The van der Waals surface area contributed by atoms with Gasteiger partial charge in [-0.15, -0.1) is 0 Å². The lowest BCUT2D eigenvalue weighted by atomic mass is 10.0. The van der Waals surface area contributed by atoms with Crippen LogP contribution in [0.4, 0.5) is 0 Å². The SMILES string of the molecule is NC(=O)[C@@H](Cc1ccc(Br)cc1)NC(=O)[C@@H]1CCOC1. The number of carbonyl (C=O) groups excluding carboxylic acids is 2. The Morgan fingerprint density at radius 3 is 2.65 bits per heavy atom. The smallest absolute Gasteiger partial charge is 0.240 e. The molecule has 1 aliphatic rings. The predicted molar refractivity (Wildman–Crippen MR) is 77.9 cm³/mol. The summed E-state index contributed by atoms with van der Waals surface area (Å²) in [4.78, 5) is 23.5. The van der Waals surface area contributed by atoms with Gasteiger partial charge in [0.1, 0.15) is 6.04 Å². The number of nitrogens with one attached hydrogen (secondary N) is 1. The van der Waals surface area contributed by atoms with E-state index in [0.717, 1.165) is 10.0 Å². The van der Waals surface area contributed by atoms with Crippen LogP contribution in [-0.2, 0) is 20.7 Å². The Morgan fingerprint density at radius 1 is 1.40 bits per heavy atom. The van der Waals surface area contributed by atoms with E-state index < -0.39 is 11.9 Å². The molecule has 0 aromatic heterocycles. The van der Waals surface area contributed by atoms with Crippen LogP contribution in [0.1, 0.15) is 12.0 Å². The molecule has 2 amide bonds. The summed E-state index contributed by atoms with van der Waals surface area (Å²) in [6, 6.07) is 6.87. The molecule has 2 rings (SSSR count). The maximum Gasteiger partial charge on any atom is 0.240 e. The van der Waals surface area contributed by atoms with Gasteiger partial charge in [0.25, 0.3) is 0 Å². The van der Waals surface area contributed by atoms with E-state index in [2.05, 4.69) is 21.2 Å². The van der Waals surface area contributed by atoms with Gasteiger partial charge in [-0.2, -0.15) is 0 Å². The summed E-state index contributed by atoms with van der Waals surface area (Å²) < 4.78 is 6.13. The molecule has 0 saturated carbocycles. The van der Waals surface area contributed by atoms with Crippen molar-refractivity contribution in [1.29, 1.82) is 0 Å². The molecule has 0 spiro atoms. The van der Waals surface area contributed by atoms with E-state index in [1.807, 2.05) is 24.3 Å². The van der Waals surface area contributed by atoms with Crippen LogP contribution in [0.25, 0.3) is 0 Å². The molecule has 0 bridgehead atoms. The van der Waals surface area contributed by atoms with Crippen molar-refractivity contribution in [2.45, 2.75) is 18.9 Å². The third-order valence-electron chi connectivity index (χ3n) is 3.31. The molecule has 1 aromatic rings. The van der Waals surface area contributed by atoms with E-state index in [-0.39, 0.29) is 11.8 Å². The van der Waals surface area contributed by atoms with E-state index in [0.29, 0.717) is 26.1 Å². The molecule has 2 atom stereocenters. The maximum absolute atomic E-state index is 12.0. The van der Waals surface area contributed by atoms with Crippen molar-refractivity contribution in [3.05, 3.63) is 34.3 Å². The molecular weight excluding hydrogens is 324 g/mol. The quantitative estimate of drug-likeness (QED) is 0.838. The minimum absolute atomic E-state index is 0.164. The second kappa shape index (κ2) is 6.85. The standard InChI is InChI=1S/C14H17BrN2O3/c15-11-3-1-9(2-4-11)7-12(13(16)18)17-14(19)10-5-6-20-8-10/h1-4,10,12H,5-8H2,(H2,16,18)(H,17,19)/t10-,12-/m1/s1. The van der Waals surface area contributed by atoms with Crippen molar-refractivity contribution in [2.75, 3.05) is 13.2 Å². The molecule has 0 aliphatic carbocycles. The Kier molecular flexibility index (Phi) is 5.14. The van der Waals surface area contributed by atoms with Gasteiger partial charge < -0.3 is 15.8 Å². The fourth-order valence-corrected chi connectivity index (χ4v) is 2.37. The fraction of sp³-hybridized carbons (Fsp3) is 0.429. The largest absolute Gasteiger partial charge is 0.381 e. The number of ether oxygens (including phenoxy) is 1. The normalized spacial score (nSPS) is 19.6. The Hall–Kier alpha value is -1.40. The lowest BCUT2D eigenvalue weighted by molar-refractivity contribution is -0.129. The van der Waals surface area contributed by atoms with Gasteiger partial charge in [-0.1, -0.05) is 28.1 Å². The third kappa shape index (κ3) is 4.05. The monoisotopic (exact) mass is 340 g/mol. The first-order valence-electron chi connectivity index (χ1n) is 6.48. The summed E-state index contributed by atoms with van der Waals surface area (Å²) in [7, 11) is 0. The number of primary amides is 1. The first kappa shape index (κ1) is 15.0. The van der Waals surface area contributed by atoms with Crippen LogP contribution in [0.5, 0.6) is 0 Å². The molecule has 20 heavy (non-hydrogen) atoms. The third-order valence-corrected chi connectivity index (χ3v) is 3.84. The summed E-state index contributed by atoms with van der Waals surface area (Å²) in [6.07, 6.45) is 1.08. The lowest BCUT2D eigenvalue weighted by Crippen LogP contribution is -2.48. The van der Waals surface area contributed by atoms with E-state index in [1.165, 1.54) is 0 Å². The van der Waals surface area contributed by atoms with Crippen molar-refractivity contribution in [2.24, 2.45) is 11.7 Å². The van der Waals surface area contributed by atoms with Crippen LogP contribution in [0.3, 0.4) is 0 Å². The first-order valence-corrected chi connectivity index (χ1v) is 7.27. The van der Waals surface area contributed by atoms with Gasteiger partial charge in [0.05, 0.1) is 12.5 Å². The van der Waals surface area contributed by atoms with Gasteiger partial charge in [-0.05, 0) is 24.1 Å². The van der Waals surface area contributed by atoms with Crippen LogP contribution in [0, 0.1) is 5.92 Å². The zero-order chi connectivity index (χ0) is 14.5. The van der Waals surface area contributed by atoms with Crippen molar-refractivity contribution in [1.82, 2.24) is 5.32 Å². The van der Waals surface area contributed by atoms with E-state index in [1.54, 1.807) is 0 Å². The molecule has 5 nitrogen and oxygen atoms in total. The van der Waals surface area contributed by atoms with Gasteiger partial charge >= 0.3 is 0 Å². The predicted octanol–water partition coefficient (Wildman–Crippen LogP) is 0.998. The van der Waals surface area contributed by atoms with Gasteiger partial charge in [-0.3, -0.25) is 9.59 Å².